The van der Waals surface area contributed by atoms with E-state index in [1.807, 2.05) is 20.8 Å². The summed E-state index contributed by atoms with van der Waals surface area (Å²) in [5.74, 6) is 0.743. The van der Waals surface area contributed by atoms with Crippen molar-refractivity contribution < 1.29 is 14.6 Å². The number of carbonyl (C=O) groups excluding carboxylic acids is 1. The van der Waals surface area contributed by atoms with E-state index in [1.54, 1.807) is 16.7 Å². The summed E-state index contributed by atoms with van der Waals surface area (Å²) in [6.45, 7) is 7.32. The van der Waals surface area contributed by atoms with Crippen LogP contribution < -0.4 is 0 Å². The number of carbonyl (C=O) groups is 1. The molecule has 1 aliphatic heterocycles. The summed E-state index contributed by atoms with van der Waals surface area (Å²) in [4.78, 5) is 13.5. The molecular formula is C11H21NO3S. The summed E-state index contributed by atoms with van der Waals surface area (Å²) in [5, 5.41) is 9.17. The molecule has 0 aromatic carbocycles. The number of aliphatic hydroxyl groups excluding tert-OH is 1. The van der Waals surface area contributed by atoms with E-state index in [9.17, 15) is 4.79 Å². The molecule has 0 spiro atoms. The fourth-order valence-electron chi connectivity index (χ4n) is 1.58. The first-order chi connectivity index (χ1) is 7.42. The third kappa shape index (κ3) is 4.61. The number of hydrogen-bond donors (Lipinski definition) is 1. The van der Waals surface area contributed by atoms with Crippen LogP contribution in [-0.4, -0.2) is 52.4 Å². The van der Waals surface area contributed by atoms with Crippen LogP contribution in [0.2, 0.25) is 0 Å². The van der Waals surface area contributed by atoms with Gasteiger partial charge in [0.1, 0.15) is 5.60 Å². The van der Waals surface area contributed by atoms with Crippen molar-refractivity contribution in [3.63, 3.8) is 0 Å². The first kappa shape index (κ1) is 13.6. The molecule has 0 aromatic heterocycles. The second kappa shape index (κ2) is 5.77. The normalized spacial score (nSPS) is 21.2. The minimum atomic E-state index is -0.423. The molecule has 4 nitrogen and oxygen atoms in total. The van der Waals surface area contributed by atoms with Crippen LogP contribution in [0.15, 0.2) is 0 Å². The van der Waals surface area contributed by atoms with Gasteiger partial charge in [-0.05, 0) is 27.2 Å². The van der Waals surface area contributed by atoms with Gasteiger partial charge >= 0.3 is 6.09 Å². The monoisotopic (exact) mass is 247 g/mol. The number of hydrogen-bond acceptors (Lipinski definition) is 4. The Kier molecular flexibility index (Phi) is 4.92. The average Bonchev–Trinajstić information content (AvgIpc) is 2.60. The van der Waals surface area contributed by atoms with Gasteiger partial charge in [-0.3, -0.25) is 0 Å². The largest absolute Gasteiger partial charge is 0.444 e. The smallest absolute Gasteiger partial charge is 0.410 e. The summed E-state index contributed by atoms with van der Waals surface area (Å²) in [7, 11) is 0. The Morgan fingerprint density at radius 2 is 2.25 bits per heavy atom. The summed E-state index contributed by atoms with van der Waals surface area (Å²) in [6.07, 6.45) is 0.767. The van der Waals surface area contributed by atoms with Crippen molar-refractivity contribution in [3.8, 4) is 0 Å². The zero-order valence-corrected chi connectivity index (χ0v) is 11.0. The molecule has 16 heavy (non-hydrogen) atoms. The molecule has 1 amide bonds. The zero-order valence-electron chi connectivity index (χ0n) is 10.2. The summed E-state index contributed by atoms with van der Waals surface area (Å²) in [6, 6.07) is 0. The van der Waals surface area contributed by atoms with Crippen LogP contribution in [-0.2, 0) is 4.74 Å². The molecule has 1 saturated heterocycles. The van der Waals surface area contributed by atoms with E-state index < -0.39 is 5.60 Å². The Bertz CT molecular complexity index is 240. The molecule has 1 aliphatic rings. The molecule has 0 bridgehead atoms. The predicted molar refractivity (Wildman–Crippen MR) is 65.8 cm³/mol. The van der Waals surface area contributed by atoms with E-state index in [0.29, 0.717) is 5.25 Å². The van der Waals surface area contributed by atoms with Gasteiger partial charge in [-0.15, -0.1) is 0 Å². The van der Waals surface area contributed by atoms with Crippen molar-refractivity contribution in [1.82, 2.24) is 4.90 Å². The highest BCUT2D eigenvalue weighted by Gasteiger charge is 2.29. The Balaban J connectivity index is 2.32. The number of aliphatic hydroxyl groups is 1. The average molecular weight is 247 g/mol. The molecule has 0 saturated carbocycles. The SMILES string of the molecule is CC(C)(C)OC(=O)N1CC[C@@H](SCCO)C1. The van der Waals surface area contributed by atoms with Crippen LogP contribution in [0.5, 0.6) is 0 Å². The zero-order chi connectivity index (χ0) is 12.2. The lowest BCUT2D eigenvalue weighted by atomic mass is 10.2. The van der Waals surface area contributed by atoms with Gasteiger partial charge in [0.2, 0.25) is 0 Å². The van der Waals surface area contributed by atoms with E-state index in [1.165, 1.54) is 0 Å². The second-order valence-corrected chi connectivity index (χ2v) is 6.34. The quantitative estimate of drug-likeness (QED) is 0.825. The molecule has 1 heterocycles. The maximum absolute atomic E-state index is 11.7. The lowest BCUT2D eigenvalue weighted by Gasteiger charge is -2.24. The minimum Gasteiger partial charge on any atom is -0.444 e. The number of thioether (sulfide) groups is 1. The Morgan fingerprint density at radius 1 is 1.56 bits per heavy atom. The third-order valence-electron chi connectivity index (χ3n) is 2.24. The molecule has 0 unspecified atom stereocenters. The van der Waals surface area contributed by atoms with Gasteiger partial charge in [0.15, 0.2) is 0 Å². The Hall–Kier alpha value is -0.420. The summed E-state index contributed by atoms with van der Waals surface area (Å²) in [5.41, 5.74) is -0.423. The second-order valence-electron chi connectivity index (χ2n) is 4.93. The van der Waals surface area contributed by atoms with Crippen molar-refractivity contribution in [2.75, 3.05) is 25.4 Å². The Labute approximate surface area is 101 Å². The molecule has 5 heteroatoms. The van der Waals surface area contributed by atoms with E-state index in [4.69, 9.17) is 9.84 Å². The van der Waals surface area contributed by atoms with Gasteiger partial charge in [0.25, 0.3) is 0 Å². The molecule has 1 fully saturated rings. The first-order valence-corrected chi connectivity index (χ1v) is 6.67. The van der Waals surface area contributed by atoms with Gasteiger partial charge in [0, 0.05) is 24.1 Å². The highest BCUT2D eigenvalue weighted by Crippen LogP contribution is 2.23. The van der Waals surface area contributed by atoms with E-state index >= 15 is 0 Å². The van der Waals surface area contributed by atoms with Crippen LogP contribution in [0.1, 0.15) is 27.2 Å². The summed E-state index contributed by atoms with van der Waals surface area (Å²) >= 11 is 1.72. The standard InChI is InChI=1S/C11H21NO3S/c1-11(2,3)15-10(14)12-5-4-9(8-12)16-7-6-13/h9,13H,4-8H2,1-3H3/t9-/m1/s1. The molecule has 0 radical (unpaired) electrons. The minimum absolute atomic E-state index is 0.202. The van der Waals surface area contributed by atoms with Crippen molar-refractivity contribution in [3.05, 3.63) is 0 Å². The predicted octanol–water partition coefficient (Wildman–Crippen LogP) is 1.72. The number of nitrogens with zero attached hydrogens (tertiary/aromatic N) is 1. The number of likely N-dealkylation sites (tertiary alicyclic amines) is 1. The number of amides is 1. The third-order valence-corrected chi connectivity index (χ3v) is 3.52. The Morgan fingerprint density at radius 3 is 2.81 bits per heavy atom. The van der Waals surface area contributed by atoms with Gasteiger partial charge in [-0.2, -0.15) is 11.8 Å². The van der Waals surface area contributed by atoms with E-state index in [2.05, 4.69) is 0 Å². The van der Waals surface area contributed by atoms with Gasteiger partial charge < -0.3 is 14.7 Å². The lowest BCUT2D eigenvalue weighted by Crippen LogP contribution is -2.35. The maximum Gasteiger partial charge on any atom is 0.410 e. The summed E-state index contributed by atoms with van der Waals surface area (Å²) < 4.78 is 5.30. The van der Waals surface area contributed by atoms with Crippen molar-refractivity contribution in [2.24, 2.45) is 0 Å². The van der Waals surface area contributed by atoms with Crippen LogP contribution in [0, 0.1) is 0 Å². The fraction of sp³-hybridized carbons (Fsp3) is 0.909. The topological polar surface area (TPSA) is 49.8 Å². The molecule has 1 rings (SSSR count). The van der Waals surface area contributed by atoms with Crippen molar-refractivity contribution >= 4 is 17.9 Å². The highest BCUT2D eigenvalue weighted by molar-refractivity contribution is 7.99. The van der Waals surface area contributed by atoms with Crippen LogP contribution in [0.25, 0.3) is 0 Å². The molecule has 0 aromatic rings. The molecule has 0 aliphatic carbocycles. The highest BCUT2D eigenvalue weighted by atomic mass is 32.2. The molecular weight excluding hydrogens is 226 g/mol. The van der Waals surface area contributed by atoms with Gasteiger partial charge in [-0.25, -0.2) is 4.79 Å². The number of rotatable bonds is 3. The van der Waals surface area contributed by atoms with Crippen LogP contribution >= 0.6 is 11.8 Å². The molecule has 1 N–H and O–H groups in total. The number of ether oxygens (including phenoxy) is 1. The van der Waals surface area contributed by atoms with Gasteiger partial charge in [-0.1, -0.05) is 0 Å². The lowest BCUT2D eigenvalue weighted by molar-refractivity contribution is 0.0295. The van der Waals surface area contributed by atoms with Gasteiger partial charge in [0.05, 0.1) is 6.61 Å². The van der Waals surface area contributed by atoms with E-state index in [0.717, 1.165) is 25.3 Å². The maximum atomic E-state index is 11.7. The van der Waals surface area contributed by atoms with Crippen LogP contribution in [0.4, 0.5) is 4.79 Å². The van der Waals surface area contributed by atoms with Crippen molar-refractivity contribution in [1.29, 1.82) is 0 Å². The first-order valence-electron chi connectivity index (χ1n) is 5.63. The fourth-order valence-corrected chi connectivity index (χ4v) is 2.57. The van der Waals surface area contributed by atoms with E-state index in [-0.39, 0.29) is 12.7 Å². The molecule has 1 atom stereocenters. The van der Waals surface area contributed by atoms with Crippen LogP contribution in [0.3, 0.4) is 0 Å². The molecule has 94 valence electrons. The van der Waals surface area contributed by atoms with Crippen molar-refractivity contribution in [2.45, 2.75) is 38.0 Å².